The van der Waals surface area contributed by atoms with Crippen LogP contribution in [0.15, 0.2) is 24.3 Å². The van der Waals surface area contributed by atoms with Crippen LogP contribution >= 0.6 is 0 Å². The van der Waals surface area contributed by atoms with E-state index in [1.807, 2.05) is 0 Å². The Kier molecular flexibility index (Phi) is 8.43. The molecule has 0 radical (unpaired) electrons. The lowest BCUT2D eigenvalue weighted by molar-refractivity contribution is -0.349. The van der Waals surface area contributed by atoms with Gasteiger partial charge in [0.1, 0.15) is 54.2 Å². The number of hydrogen-bond donors (Lipinski definition) is 7. The molecule has 2 aromatic carbocycles. The summed E-state index contributed by atoms with van der Waals surface area (Å²) in [5, 5.41) is 72.1. The first kappa shape index (κ1) is 31.1. The zero-order valence-corrected chi connectivity index (χ0v) is 23.3. The van der Waals surface area contributed by atoms with E-state index < -0.39 is 85.4 Å². The maximum atomic E-state index is 13.4. The quantitative estimate of drug-likeness (QED) is 0.162. The van der Waals surface area contributed by atoms with Gasteiger partial charge in [0, 0.05) is 33.4 Å². The SMILES string of the molecule is CC(=O)c1c(C)c(O[C@@H]2O[C@H](CO)[C@@H](O[C@@H]3O[C@H](C)[C@@H](O)[C@H](O)[C@@H]3O)[C@H](O)[C@H]2O)cc2c1C(=O)c1ccc(O)cc1C2=O. The Labute approximate surface area is 244 Å². The second-order valence-corrected chi connectivity index (χ2v) is 10.8. The van der Waals surface area contributed by atoms with Crippen molar-refractivity contribution in [3.8, 4) is 11.5 Å². The molecule has 2 heterocycles. The van der Waals surface area contributed by atoms with Gasteiger partial charge in [-0.05, 0) is 45.0 Å². The number of carbonyl (C=O) groups excluding carboxylic acids is 3. The zero-order valence-electron chi connectivity index (χ0n) is 23.3. The highest BCUT2D eigenvalue weighted by Gasteiger charge is 2.51. The van der Waals surface area contributed by atoms with Crippen LogP contribution in [0.2, 0.25) is 0 Å². The minimum absolute atomic E-state index is 0.0142. The van der Waals surface area contributed by atoms with Crippen LogP contribution in [0, 0.1) is 6.92 Å². The standard InChI is InChI=1S/C29H32O14/c1-9-16(7-15-19(18(9)10(2)31)22(35)13-5-4-12(32)6-14(13)21(15)34)41-29-26(39)24(37)27(17(8-30)42-29)43-28-25(38)23(36)20(33)11(3)40-28/h4-7,11,17,20,23-30,32-33,36-39H,8H2,1-3H3/t11-,17-,20-,23+,24-,25+,26-,27-,28+,29-/m1/s1. The van der Waals surface area contributed by atoms with Crippen LogP contribution in [0.3, 0.4) is 0 Å². The molecule has 0 aromatic heterocycles. The number of phenols is 1. The van der Waals surface area contributed by atoms with Gasteiger partial charge in [0.15, 0.2) is 23.6 Å². The summed E-state index contributed by atoms with van der Waals surface area (Å²) < 4.78 is 22.5. The summed E-state index contributed by atoms with van der Waals surface area (Å²) >= 11 is 0. The van der Waals surface area contributed by atoms with E-state index in [9.17, 15) is 50.1 Å². The topological polar surface area (TPSA) is 230 Å². The lowest BCUT2D eigenvalue weighted by Gasteiger charge is -2.45. The van der Waals surface area contributed by atoms with Crippen molar-refractivity contribution in [2.75, 3.05) is 6.61 Å². The Balaban J connectivity index is 1.45. The molecule has 5 rings (SSSR count). The van der Waals surface area contributed by atoms with Crippen molar-refractivity contribution >= 4 is 17.3 Å². The second-order valence-electron chi connectivity index (χ2n) is 10.8. The van der Waals surface area contributed by atoms with Gasteiger partial charge in [0.2, 0.25) is 6.29 Å². The molecule has 10 atom stereocenters. The fourth-order valence-electron chi connectivity index (χ4n) is 5.66. The molecule has 2 fully saturated rings. The Morgan fingerprint density at radius 1 is 0.860 bits per heavy atom. The highest BCUT2D eigenvalue weighted by Crippen LogP contribution is 2.38. The Morgan fingerprint density at radius 2 is 1.53 bits per heavy atom. The van der Waals surface area contributed by atoms with Crippen LogP contribution in [-0.2, 0) is 14.2 Å². The second kappa shape index (κ2) is 11.6. The number of benzene rings is 2. The smallest absolute Gasteiger partial charge is 0.229 e. The summed E-state index contributed by atoms with van der Waals surface area (Å²) in [6, 6.07) is 4.88. The van der Waals surface area contributed by atoms with Gasteiger partial charge >= 0.3 is 0 Å². The first-order valence-electron chi connectivity index (χ1n) is 13.5. The third-order valence-electron chi connectivity index (χ3n) is 8.02. The van der Waals surface area contributed by atoms with Gasteiger partial charge < -0.3 is 54.7 Å². The van der Waals surface area contributed by atoms with Crippen LogP contribution in [0.25, 0.3) is 0 Å². The fraction of sp³-hybridized carbons (Fsp3) is 0.483. The number of aromatic hydroxyl groups is 1. The van der Waals surface area contributed by atoms with Gasteiger partial charge in [0.05, 0.1) is 12.7 Å². The highest BCUT2D eigenvalue weighted by atomic mass is 16.7. The molecule has 14 heteroatoms. The number of carbonyl (C=O) groups is 3. The van der Waals surface area contributed by atoms with Crippen molar-refractivity contribution in [2.24, 2.45) is 0 Å². The molecule has 7 N–H and O–H groups in total. The largest absolute Gasteiger partial charge is 0.508 e. The van der Waals surface area contributed by atoms with E-state index >= 15 is 0 Å². The number of fused-ring (bicyclic) bond motifs is 2. The number of aliphatic hydroxyl groups is 6. The predicted octanol–water partition coefficient (Wildman–Crippen LogP) is -1.29. The van der Waals surface area contributed by atoms with Crippen LogP contribution < -0.4 is 4.74 Å². The molecule has 0 unspecified atom stereocenters. The molecule has 1 aliphatic carbocycles. The van der Waals surface area contributed by atoms with Crippen molar-refractivity contribution in [1.29, 1.82) is 0 Å². The molecule has 3 aliphatic rings. The molecule has 0 spiro atoms. The van der Waals surface area contributed by atoms with E-state index in [0.717, 1.165) is 6.07 Å². The number of aliphatic hydroxyl groups excluding tert-OH is 6. The Bertz CT molecular complexity index is 1450. The number of hydrogen-bond acceptors (Lipinski definition) is 14. The van der Waals surface area contributed by atoms with Crippen LogP contribution in [0.4, 0.5) is 0 Å². The monoisotopic (exact) mass is 604 g/mol. The molecule has 14 nitrogen and oxygen atoms in total. The van der Waals surface area contributed by atoms with Gasteiger partial charge in [-0.25, -0.2) is 0 Å². The lowest BCUT2D eigenvalue weighted by Crippen LogP contribution is -2.64. The first-order valence-corrected chi connectivity index (χ1v) is 13.5. The molecule has 43 heavy (non-hydrogen) atoms. The Morgan fingerprint density at radius 3 is 2.19 bits per heavy atom. The molecular formula is C29H32O14. The molecule has 232 valence electrons. The summed E-state index contributed by atoms with van der Waals surface area (Å²) in [6.45, 7) is 3.31. The van der Waals surface area contributed by atoms with Crippen LogP contribution in [-0.4, -0.2) is 121 Å². The van der Waals surface area contributed by atoms with E-state index in [4.69, 9.17) is 18.9 Å². The lowest BCUT2D eigenvalue weighted by atomic mass is 9.79. The van der Waals surface area contributed by atoms with E-state index in [1.54, 1.807) is 0 Å². The maximum absolute atomic E-state index is 13.4. The van der Waals surface area contributed by atoms with Crippen molar-refractivity contribution in [2.45, 2.75) is 82.2 Å². The van der Waals surface area contributed by atoms with Gasteiger partial charge in [-0.3, -0.25) is 14.4 Å². The van der Waals surface area contributed by atoms with E-state index in [2.05, 4.69) is 0 Å². The summed E-state index contributed by atoms with van der Waals surface area (Å²) in [7, 11) is 0. The molecular weight excluding hydrogens is 572 g/mol. The number of Topliss-reactive ketones (excluding diaryl/α,β-unsaturated/α-hetero) is 1. The van der Waals surface area contributed by atoms with Gasteiger partial charge in [-0.15, -0.1) is 0 Å². The summed E-state index contributed by atoms with van der Waals surface area (Å²) in [5.41, 5.74) is -0.350. The minimum atomic E-state index is -1.85. The first-order chi connectivity index (χ1) is 20.3. The van der Waals surface area contributed by atoms with Gasteiger partial charge in [0.25, 0.3) is 0 Å². The van der Waals surface area contributed by atoms with E-state index in [1.165, 1.54) is 39.0 Å². The number of rotatable bonds is 6. The van der Waals surface area contributed by atoms with Crippen molar-refractivity contribution in [1.82, 2.24) is 0 Å². The van der Waals surface area contributed by atoms with Gasteiger partial charge in [-0.2, -0.15) is 0 Å². The molecule has 0 amide bonds. The van der Waals surface area contributed by atoms with E-state index in [0.29, 0.717) is 0 Å². The van der Waals surface area contributed by atoms with Gasteiger partial charge in [-0.1, -0.05) is 0 Å². The average molecular weight is 605 g/mol. The zero-order chi connectivity index (χ0) is 31.5. The number of ketones is 3. The molecule has 0 saturated carbocycles. The normalized spacial score (nSPS) is 34.0. The van der Waals surface area contributed by atoms with Crippen LogP contribution in [0.1, 0.15) is 61.6 Å². The third kappa shape index (κ3) is 5.24. The molecule has 2 aromatic rings. The Hall–Kier alpha value is -3.31. The summed E-state index contributed by atoms with van der Waals surface area (Å²) in [5.74, 6) is -2.20. The third-order valence-corrected chi connectivity index (χ3v) is 8.02. The maximum Gasteiger partial charge on any atom is 0.229 e. The predicted molar refractivity (Wildman–Crippen MR) is 142 cm³/mol. The van der Waals surface area contributed by atoms with E-state index in [-0.39, 0.29) is 44.9 Å². The van der Waals surface area contributed by atoms with Crippen molar-refractivity contribution in [3.05, 3.63) is 57.6 Å². The molecule has 0 bridgehead atoms. The fourth-order valence-corrected chi connectivity index (χ4v) is 5.66. The summed E-state index contributed by atoms with van der Waals surface area (Å²) in [6.07, 6.45) is -15.6. The minimum Gasteiger partial charge on any atom is -0.508 e. The van der Waals surface area contributed by atoms with Crippen molar-refractivity contribution in [3.63, 3.8) is 0 Å². The number of phenolic OH excluding ortho intramolecular Hbond substituents is 1. The molecule has 2 saturated heterocycles. The summed E-state index contributed by atoms with van der Waals surface area (Å²) in [4.78, 5) is 39.5. The highest BCUT2D eigenvalue weighted by molar-refractivity contribution is 6.31. The van der Waals surface area contributed by atoms with Crippen molar-refractivity contribution < 1.29 is 69.1 Å². The average Bonchev–Trinajstić information content (AvgIpc) is 2.97. The molecule has 2 aliphatic heterocycles. The number of ether oxygens (including phenoxy) is 4. The van der Waals surface area contributed by atoms with Crippen LogP contribution in [0.5, 0.6) is 11.5 Å².